The summed E-state index contributed by atoms with van der Waals surface area (Å²) in [6.07, 6.45) is 0. The van der Waals surface area contributed by atoms with Gasteiger partial charge >= 0.3 is 0 Å². The molecule has 0 amide bonds. The van der Waals surface area contributed by atoms with Gasteiger partial charge in [-0.05, 0) is 62.9 Å². The third kappa shape index (κ3) is 2.90. The molecule has 0 unspecified atom stereocenters. The third-order valence-electron chi connectivity index (χ3n) is 5.33. The van der Waals surface area contributed by atoms with Crippen LogP contribution in [0.25, 0.3) is 43.8 Å². The average molecular weight is 344 g/mol. The van der Waals surface area contributed by atoms with Crippen molar-refractivity contribution in [3.63, 3.8) is 0 Å². The van der Waals surface area contributed by atoms with Crippen LogP contribution in [-0.2, 0) is 0 Å². The summed E-state index contributed by atoms with van der Waals surface area (Å²) in [4.78, 5) is 0. The van der Waals surface area contributed by atoms with Gasteiger partial charge in [0, 0.05) is 0 Å². The van der Waals surface area contributed by atoms with E-state index >= 15 is 0 Å². The van der Waals surface area contributed by atoms with Crippen molar-refractivity contribution < 1.29 is 0 Å². The van der Waals surface area contributed by atoms with E-state index in [-0.39, 0.29) is 0 Å². The van der Waals surface area contributed by atoms with Crippen LogP contribution >= 0.6 is 0 Å². The van der Waals surface area contributed by atoms with Crippen LogP contribution in [0, 0.1) is 6.92 Å². The van der Waals surface area contributed by atoms with Gasteiger partial charge in [0.05, 0.1) is 0 Å². The molecular formula is C27H20. The van der Waals surface area contributed by atoms with Gasteiger partial charge in [-0.15, -0.1) is 0 Å². The standard InChI is InChI=1S/C27H20/c1-19-9-11-20(12-10-19)22-13-14-24-18-25(16-15-23(24)17-22)27-8-4-6-21-5-2-3-7-26(21)27/h2-18H,1H3. The molecule has 0 aliphatic heterocycles. The fourth-order valence-electron chi connectivity index (χ4n) is 3.82. The molecule has 5 aromatic carbocycles. The summed E-state index contributed by atoms with van der Waals surface area (Å²) in [6.45, 7) is 2.12. The third-order valence-corrected chi connectivity index (χ3v) is 5.33. The van der Waals surface area contributed by atoms with E-state index in [0.717, 1.165) is 0 Å². The molecule has 27 heavy (non-hydrogen) atoms. The summed E-state index contributed by atoms with van der Waals surface area (Å²) in [6, 6.07) is 37.4. The van der Waals surface area contributed by atoms with Gasteiger partial charge in [0.15, 0.2) is 0 Å². The minimum atomic E-state index is 1.26. The van der Waals surface area contributed by atoms with Crippen molar-refractivity contribution in [1.29, 1.82) is 0 Å². The quantitative estimate of drug-likeness (QED) is 0.309. The van der Waals surface area contributed by atoms with E-state index in [4.69, 9.17) is 0 Å². The second kappa shape index (κ2) is 6.41. The van der Waals surface area contributed by atoms with E-state index in [2.05, 4.69) is 110 Å². The molecule has 0 heterocycles. The van der Waals surface area contributed by atoms with Crippen LogP contribution in [0.2, 0.25) is 0 Å². The van der Waals surface area contributed by atoms with Gasteiger partial charge in [0.2, 0.25) is 0 Å². The molecule has 0 aliphatic rings. The van der Waals surface area contributed by atoms with Gasteiger partial charge in [-0.2, -0.15) is 0 Å². The van der Waals surface area contributed by atoms with Gasteiger partial charge < -0.3 is 0 Å². The maximum atomic E-state index is 2.30. The van der Waals surface area contributed by atoms with Crippen LogP contribution in [0.4, 0.5) is 0 Å². The van der Waals surface area contributed by atoms with Gasteiger partial charge in [-0.25, -0.2) is 0 Å². The van der Waals surface area contributed by atoms with Crippen LogP contribution in [0.1, 0.15) is 5.56 Å². The summed E-state index contributed by atoms with van der Waals surface area (Å²) < 4.78 is 0. The predicted octanol–water partition coefficient (Wildman–Crippen LogP) is 7.64. The summed E-state index contributed by atoms with van der Waals surface area (Å²) in [7, 11) is 0. The predicted molar refractivity (Wildman–Crippen MR) is 117 cm³/mol. The van der Waals surface area contributed by atoms with Gasteiger partial charge in [-0.3, -0.25) is 0 Å². The maximum Gasteiger partial charge on any atom is -0.0105 e. The normalized spacial score (nSPS) is 11.1. The Balaban J connectivity index is 1.62. The lowest BCUT2D eigenvalue weighted by atomic mass is 9.95. The monoisotopic (exact) mass is 344 g/mol. The molecule has 0 N–H and O–H groups in total. The molecule has 0 fully saturated rings. The minimum absolute atomic E-state index is 1.26. The molecule has 0 saturated heterocycles. The van der Waals surface area contributed by atoms with Crippen molar-refractivity contribution in [2.24, 2.45) is 0 Å². The zero-order chi connectivity index (χ0) is 18.2. The Labute approximate surface area is 159 Å². The number of hydrogen-bond donors (Lipinski definition) is 0. The lowest BCUT2D eigenvalue weighted by Crippen LogP contribution is -1.83. The molecule has 5 aromatic rings. The van der Waals surface area contributed by atoms with Crippen molar-refractivity contribution in [1.82, 2.24) is 0 Å². The Bertz CT molecular complexity index is 1260. The number of hydrogen-bond acceptors (Lipinski definition) is 0. The van der Waals surface area contributed by atoms with Crippen LogP contribution in [0.15, 0.2) is 103 Å². The van der Waals surface area contributed by atoms with Crippen molar-refractivity contribution in [2.75, 3.05) is 0 Å². The first-order valence-electron chi connectivity index (χ1n) is 9.37. The second-order valence-electron chi connectivity index (χ2n) is 7.17. The van der Waals surface area contributed by atoms with E-state index in [1.807, 2.05) is 0 Å². The highest BCUT2D eigenvalue weighted by Crippen LogP contribution is 2.32. The zero-order valence-corrected chi connectivity index (χ0v) is 15.3. The molecule has 0 nitrogen and oxygen atoms in total. The van der Waals surface area contributed by atoms with Crippen molar-refractivity contribution in [2.45, 2.75) is 6.92 Å². The Hall–Kier alpha value is -3.38. The molecule has 0 aliphatic carbocycles. The van der Waals surface area contributed by atoms with E-state index < -0.39 is 0 Å². The zero-order valence-electron chi connectivity index (χ0n) is 15.3. The molecule has 5 rings (SSSR count). The summed E-state index contributed by atoms with van der Waals surface area (Å²) >= 11 is 0. The number of aryl methyl sites for hydroxylation is 1. The summed E-state index contributed by atoms with van der Waals surface area (Å²) in [5.41, 5.74) is 6.38. The van der Waals surface area contributed by atoms with E-state index in [1.54, 1.807) is 0 Å². The van der Waals surface area contributed by atoms with Gasteiger partial charge in [0.25, 0.3) is 0 Å². The molecular weight excluding hydrogens is 324 g/mol. The highest BCUT2D eigenvalue weighted by atomic mass is 14.1. The van der Waals surface area contributed by atoms with Crippen LogP contribution < -0.4 is 0 Å². The topological polar surface area (TPSA) is 0 Å². The SMILES string of the molecule is Cc1ccc(-c2ccc3cc(-c4cccc5ccccc45)ccc3c2)cc1. The van der Waals surface area contributed by atoms with Crippen molar-refractivity contribution >= 4 is 21.5 Å². The Morgan fingerprint density at radius 1 is 0.444 bits per heavy atom. The second-order valence-corrected chi connectivity index (χ2v) is 7.17. The molecule has 128 valence electrons. The van der Waals surface area contributed by atoms with Gasteiger partial charge in [-0.1, -0.05) is 96.6 Å². The molecule has 0 radical (unpaired) electrons. The average Bonchev–Trinajstić information content (AvgIpc) is 2.73. The van der Waals surface area contributed by atoms with Crippen molar-refractivity contribution in [3.05, 3.63) is 109 Å². The first kappa shape index (κ1) is 15.8. The smallest absolute Gasteiger partial charge is 0.0105 e. The molecule has 0 spiro atoms. The fraction of sp³-hybridized carbons (Fsp3) is 0.0370. The Morgan fingerprint density at radius 2 is 1.07 bits per heavy atom. The fourth-order valence-corrected chi connectivity index (χ4v) is 3.82. The summed E-state index contributed by atoms with van der Waals surface area (Å²) in [5.74, 6) is 0. The molecule has 0 bridgehead atoms. The van der Waals surface area contributed by atoms with E-state index in [0.29, 0.717) is 0 Å². The first-order chi connectivity index (χ1) is 13.3. The highest BCUT2D eigenvalue weighted by Gasteiger charge is 2.05. The van der Waals surface area contributed by atoms with E-state index in [9.17, 15) is 0 Å². The van der Waals surface area contributed by atoms with Crippen LogP contribution in [0.3, 0.4) is 0 Å². The largest absolute Gasteiger partial charge is 0.0616 e. The maximum absolute atomic E-state index is 2.30. The molecule has 0 heteroatoms. The lowest BCUT2D eigenvalue weighted by molar-refractivity contribution is 1.47. The first-order valence-corrected chi connectivity index (χ1v) is 9.37. The van der Waals surface area contributed by atoms with Gasteiger partial charge in [0.1, 0.15) is 0 Å². The number of fused-ring (bicyclic) bond motifs is 2. The van der Waals surface area contributed by atoms with Crippen LogP contribution in [0.5, 0.6) is 0 Å². The van der Waals surface area contributed by atoms with Crippen molar-refractivity contribution in [3.8, 4) is 22.3 Å². The Kier molecular flexibility index (Phi) is 3.76. The molecule has 0 aromatic heterocycles. The highest BCUT2D eigenvalue weighted by molar-refractivity contribution is 5.99. The number of rotatable bonds is 2. The minimum Gasteiger partial charge on any atom is -0.0616 e. The van der Waals surface area contributed by atoms with Crippen LogP contribution in [-0.4, -0.2) is 0 Å². The Morgan fingerprint density at radius 3 is 1.89 bits per heavy atom. The molecule has 0 saturated carbocycles. The lowest BCUT2D eigenvalue weighted by Gasteiger charge is -2.09. The molecule has 0 atom stereocenters. The van der Waals surface area contributed by atoms with E-state index in [1.165, 1.54) is 49.4 Å². The number of benzene rings is 5. The summed E-state index contributed by atoms with van der Waals surface area (Å²) in [5, 5.41) is 5.13.